The number of carboxylic acids is 1. The van der Waals surface area contributed by atoms with Gasteiger partial charge in [-0.2, -0.15) is 4.80 Å². The van der Waals surface area contributed by atoms with E-state index < -0.39 is 16.9 Å². The Morgan fingerprint density at radius 2 is 2.00 bits per heavy atom. The molecule has 2 N–H and O–H groups in total. The van der Waals surface area contributed by atoms with Crippen molar-refractivity contribution in [2.24, 2.45) is 12.5 Å². The molecule has 0 aliphatic carbocycles. The Labute approximate surface area is 100 Å². The van der Waals surface area contributed by atoms with Crippen LogP contribution in [0.25, 0.3) is 0 Å². The summed E-state index contributed by atoms with van der Waals surface area (Å²) in [6, 6.07) is 0. The molecule has 1 aromatic rings. The van der Waals surface area contributed by atoms with E-state index in [1.165, 1.54) is 4.80 Å². The minimum atomic E-state index is -0.894. The minimum absolute atomic E-state index is 0.386. The summed E-state index contributed by atoms with van der Waals surface area (Å²) < 4.78 is 0. The molecule has 0 unspecified atom stereocenters. The van der Waals surface area contributed by atoms with E-state index in [1.807, 2.05) is 13.8 Å². The zero-order valence-electron chi connectivity index (χ0n) is 10.9. The second kappa shape index (κ2) is 4.40. The topological polar surface area (TPSA) is 92.9 Å². The number of hydrogen-bond acceptors (Lipinski definition) is 5. The molecular weight excluding hydrogens is 222 g/mol. The third-order valence-corrected chi connectivity index (χ3v) is 3.34. The van der Waals surface area contributed by atoms with Crippen LogP contribution in [0.1, 0.15) is 33.5 Å². The number of rotatable bonds is 5. The zero-order valence-corrected chi connectivity index (χ0v) is 10.9. The van der Waals surface area contributed by atoms with Crippen LogP contribution in [0.5, 0.6) is 0 Å². The molecule has 0 saturated carbocycles. The Morgan fingerprint density at radius 1 is 1.41 bits per heavy atom. The van der Waals surface area contributed by atoms with Gasteiger partial charge in [0.05, 0.1) is 19.0 Å². The van der Waals surface area contributed by atoms with Gasteiger partial charge in [-0.1, -0.05) is 0 Å². The summed E-state index contributed by atoms with van der Waals surface area (Å²) in [5, 5.41) is 23.9. The van der Waals surface area contributed by atoms with Gasteiger partial charge in [0, 0.05) is 5.54 Å². The third kappa shape index (κ3) is 2.79. The van der Waals surface area contributed by atoms with Crippen molar-refractivity contribution in [3.63, 3.8) is 0 Å². The molecular formula is C10H19N5O2. The van der Waals surface area contributed by atoms with Crippen LogP contribution < -0.4 is 5.32 Å². The quantitative estimate of drug-likeness (QED) is 0.764. The van der Waals surface area contributed by atoms with Crippen LogP contribution >= 0.6 is 0 Å². The van der Waals surface area contributed by atoms with E-state index in [1.54, 1.807) is 20.9 Å². The third-order valence-electron chi connectivity index (χ3n) is 3.34. The summed E-state index contributed by atoms with van der Waals surface area (Å²) in [4.78, 5) is 12.6. The lowest BCUT2D eigenvalue weighted by Gasteiger charge is -2.38. The summed E-state index contributed by atoms with van der Waals surface area (Å²) in [5.74, 6) is -0.302. The van der Waals surface area contributed by atoms with Gasteiger partial charge in [0.15, 0.2) is 5.82 Å². The van der Waals surface area contributed by atoms with Crippen LogP contribution in [0.3, 0.4) is 0 Å². The Morgan fingerprint density at radius 3 is 2.41 bits per heavy atom. The Bertz CT molecular complexity index is 411. The summed E-state index contributed by atoms with van der Waals surface area (Å²) >= 11 is 0. The largest absolute Gasteiger partial charge is 0.481 e. The van der Waals surface area contributed by atoms with E-state index in [-0.39, 0.29) is 0 Å². The molecule has 0 amide bonds. The van der Waals surface area contributed by atoms with Gasteiger partial charge in [-0.3, -0.25) is 4.79 Å². The molecule has 0 atom stereocenters. The summed E-state index contributed by atoms with van der Waals surface area (Å²) in [6.07, 6.45) is 0. The van der Waals surface area contributed by atoms with Crippen LogP contribution in [0.4, 0.5) is 0 Å². The smallest absolute Gasteiger partial charge is 0.310 e. The van der Waals surface area contributed by atoms with E-state index in [4.69, 9.17) is 0 Å². The molecule has 0 radical (unpaired) electrons. The predicted molar refractivity (Wildman–Crippen MR) is 61.1 cm³/mol. The van der Waals surface area contributed by atoms with Crippen molar-refractivity contribution in [1.82, 2.24) is 25.5 Å². The van der Waals surface area contributed by atoms with Gasteiger partial charge in [-0.25, -0.2) is 0 Å². The lowest BCUT2D eigenvalue weighted by molar-refractivity contribution is -0.151. The molecule has 0 aliphatic rings. The van der Waals surface area contributed by atoms with Gasteiger partial charge in [0.2, 0.25) is 0 Å². The Kier molecular flexibility index (Phi) is 3.51. The van der Waals surface area contributed by atoms with E-state index in [0.717, 1.165) is 0 Å². The number of tetrazole rings is 1. The van der Waals surface area contributed by atoms with Crippen molar-refractivity contribution in [2.75, 3.05) is 0 Å². The molecule has 1 rings (SSSR count). The fourth-order valence-electron chi connectivity index (χ4n) is 1.18. The maximum atomic E-state index is 11.2. The first-order valence-electron chi connectivity index (χ1n) is 5.38. The minimum Gasteiger partial charge on any atom is -0.481 e. The van der Waals surface area contributed by atoms with Crippen molar-refractivity contribution >= 4 is 5.97 Å². The summed E-state index contributed by atoms with van der Waals surface area (Å²) in [6.45, 7) is 7.45. The number of aromatic nitrogens is 4. The summed E-state index contributed by atoms with van der Waals surface area (Å²) in [7, 11) is 1.68. The number of aliphatic carboxylic acids is 1. The first kappa shape index (κ1) is 13.6. The van der Waals surface area contributed by atoms with Crippen LogP contribution in [-0.2, 0) is 18.4 Å². The number of nitrogens with zero attached hydrogens (tertiary/aromatic N) is 4. The van der Waals surface area contributed by atoms with E-state index in [0.29, 0.717) is 12.4 Å². The number of aryl methyl sites for hydroxylation is 1. The predicted octanol–water partition coefficient (Wildman–Crippen LogP) is 0.189. The van der Waals surface area contributed by atoms with Gasteiger partial charge in [-0.05, 0) is 32.9 Å². The maximum absolute atomic E-state index is 11.2. The fourth-order valence-corrected chi connectivity index (χ4v) is 1.18. The van der Waals surface area contributed by atoms with E-state index in [2.05, 4.69) is 20.7 Å². The second-order valence-corrected chi connectivity index (χ2v) is 5.10. The monoisotopic (exact) mass is 241 g/mol. The highest BCUT2D eigenvalue weighted by Crippen LogP contribution is 2.30. The normalized spacial score (nSPS) is 12.8. The van der Waals surface area contributed by atoms with Crippen molar-refractivity contribution in [3.05, 3.63) is 5.82 Å². The van der Waals surface area contributed by atoms with Gasteiger partial charge >= 0.3 is 5.97 Å². The van der Waals surface area contributed by atoms with Crippen LogP contribution in [0.2, 0.25) is 0 Å². The lowest BCUT2D eigenvalue weighted by atomic mass is 9.74. The first-order valence-corrected chi connectivity index (χ1v) is 5.38. The Hall–Kier alpha value is -1.50. The fraction of sp³-hybridized carbons (Fsp3) is 0.800. The van der Waals surface area contributed by atoms with Crippen molar-refractivity contribution in [3.8, 4) is 0 Å². The average Bonchev–Trinajstić information content (AvgIpc) is 2.61. The average molecular weight is 241 g/mol. The molecule has 1 aromatic heterocycles. The number of hydrogen-bond donors (Lipinski definition) is 2. The molecule has 7 heteroatoms. The van der Waals surface area contributed by atoms with Crippen LogP contribution in [-0.4, -0.2) is 36.8 Å². The summed E-state index contributed by atoms with van der Waals surface area (Å²) in [5.41, 5.74) is -1.48. The highest BCUT2D eigenvalue weighted by atomic mass is 16.4. The molecule has 0 bridgehead atoms. The molecule has 96 valence electrons. The standard InChI is InChI=1S/C10H19N5O2/c1-9(2,8(16)17)10(3,4)11-6-7-12-14-15(5)13-7/h11H,6H2,1-5H3,(H,16,17). The Balaban J connectivity index is 2.70. The molecule has 17 heavy (non-hydrogen) atoms. The first-order chi connectivity index (χ1) is 7.67. The highest BCUT2D eigenvalue weighted by Gasteiger charge is 2.43. The maximum Gasteiger partial charge on any atom is 0.310 e. The van der Waals surface area contributed by atoms with Gasteiger partial charge in [0.1, 0.15) is 0 Å². The SMILES string of the molecule is Cn1nnc(CNC(C)(C)C(C)(C)C(=O)O)n1. The van der Waals surface area contributed by atoms with Gasteiger partial charge in [-0.15, -0.1) is 10.2 Å². The number of carbonyl (C=O) groups is 1. The molecule has 0 aliphatic heterocycles. The molecule has 7 nitrogen and oxygen atoms in total. The lowest BCUT2D eigenvalue weighted by Crippen LogP contribution is -2.54. The molecule has 0 spiro atoms. The second-order valence-electron chi connectivity index (χ2n) is 5.10. The van der Waals surface area contributed by atoms with Crippen LogP contribution in [0.15, 0.2) is 0 Å². The van der Waals surface area contributed by atoms with Crippen molar-refractivity contribution < 1.29 is 9.90 Å². The molecule has 0 fully saturated rings. The highest BCUT2D eigenvalue weighted by molar-refractivity contribution is 5.75. The van der Waals surface area contributed by atoms with E-state index >= 15 is 0 Å². The number of carboxylic acid groups (broad SMARTS) is 1. The molecule has 1 heterocycles. The number of nitrogens with one attached hydrogen (secondary N) is 1. The van der Waals surface area contributed by atoms with Crippen molar-refractivity contribution in [1.29, 1.82) is 0 Å². The van der Waals surface area contributed by atoms with Crippen LogP contribution in [0, 0.1) is 5.41 Å². The molecule has 0 aromatic carbocycles. The van der Waals surface area contributed by atoms with Crippen molar-refractivity contribution in [2.45, 2.75) is 39.8 Å². The van der Waals surface area contributed by atoms with E-state index in [9.17, 15) is 9.90 Å². The van der Waals surface area contributed by atoms with Gasteiger partial charge < -0.3 is 10.4 Å². The molecule has 0 saturated heterocycles. The van der Waals surface area contributed by atoms with Gasteiger partial charge in [0.25, 0.3) is 0 Å². The zero-order chi connectivity index (χ0) is 13.3.